The Balaban J connectivity index is 1.98. The fraction of sp³-hybridized carbons (Fsp3) is 0.857. The summed E-state index contributed by atoms with van der Waals surface area (Å²) in [5, 5.41) is -0.425. The molecule has 0 bridgehead atoms. The summed E-state index contributed by atoms with van der Waals surface area (Å²) in [4.78, 5) is 26.8. The molecule has 20 heavy (non-hydrogen) atoms. The molecule has 0 N–H and O–H groups in total. The Kier molecular flexibility index (Phi) is 4.19. The van der Waals surface area contributed by atoms with E-state index in [9.17, 15) is 9.59 Å². The second kappa shape index (κ2) is 5.43. The van der Waals surface area contributed by atoms with Crippen molar-refractivity contribution in [1.82, 2.24) is 9.80 Å². The Morgan fingerprint density at radius 3 is 2.45 bits per heavy atom. The molecule has 3 unspecified atom stereocenters. The predicted octanol–water partition coefficient (Wildman–Crippen LogP) is 2.92. The Morgan fingerprint density at radius 2 is 1.90 bits per heavy atom. The highest BCUT2D eigenvalue weighted by atomic mass is 35.5. The van der Waals surface area contributed by atoms with Gasteiger partial charge in [-0.3, -0.25) is 4.79 Å². The zero-order valence-corrected chi connectivity index (χ0v) is 13.3. The Hall–Kier alpha value is -0.970. The average Bonchev–Trinajstić information content (AvgIpc) is 2.84. The van der Waals surface area contributed by atoms with Crippen LogP contribution in [-0.2, 0) is 4.74 Å². The summed E-state index contributed by atoms with van der Waals surface area (Å²) < 4.78 is 5.41. The zero-order chi connectivity index (χ0) is 15.1. The maximum absolute atomic E-state index is 12.1. The molecule has 0 aromatic carbocycles. The van der Waals surface area contributed by atoms with Crippen LogP contribution >= 0.6 is 11.6 Å². The monoisotopic (exact) mass is 302 g/mol. The van der Waals surface area contributed by atoms with E-state index in [1.54, 1.807) is 16.8 Å². The molecule has 1 aliphatic heterocycles. The lowest BCUT2D eigenvalue weighted by Gasteiger charge is -2.28. The third-order valence-corrected chi connectivity index (χ3v) is 4.51. The number of fused-ring (bicyclic) bond motifs is 1. The quantitative estimate of drug-likeness (QED) is 0.553. The van der Waals surface area contributed by atoms with Crippen molar-refractivity contribution in [1.29, 1.82) is 0 Å². The van der Waals surface area contributed by atoms with Crippen molar-refractivity contribution in [2.24, 2.45) is 11.8 Å². The fourth-order valence-corrected chi connectivity index (χ4v) is 3.45. The third kappa shape index (κ3) is 3.19. The van der Waals surface area contributed by atoms with Gasteiger partial charge in [-0.15, -0.1) is 0 Å². The highest BCUT2D eigenvalue weighted by Crippen LogP contribution is 2.41. The van der Waals surface area contributed by atoms with E-state index in [1.807, 2.05) is 20.8 Å². The number of hydrogen-bond donors (Lipinski definition) is 0. The highest BCUT2D eigenvalue weighted by molar-refractivity contribution is 6.62. The number of likely N-dealkylation sites (tertiary alicyclic amines) is 1. The first kappa shape index (κ1) is 15.4. The maximum atomic E-state index is 12.1. The molecule has 1 heterocycles. The van der Waals surface area contributed by atoms with Crippen LogP contribution in [0.15, 0.2) is 0 Å². The molecule has 6 heteroatoms. The van der Waals surface area contributed by atoms with Crippen LogP contribution in [-0.4, -0.2) is 53.0 Å². The molecule has 1 saturated carbocycles. The zero-order valence-electron chi connectivity index (χ0n) is 12.6. The molecular weight excluding hydrogens is 280 g/mol. The number of amides is 2. The van der Waals surface area contributed by atoms with E-state index in [1.165, 1.54) is 0 Å². The predicted molar refractivity (Wildman–Crippen MR) is 76.8 cm³/mol. The molecule has 5 nitrogen and oxygen atoms in total. The molecule has 2 rings (SSSR count). The normalized spacial score (nSPS) is 29.2. The molecule has 0 spiro atoms. The molecule has 0 aromatic heterocycles. The molecule has 1 aliphatic carbocycles. The van der Waals surface area contributed by atoms with Crippen LogP contribution in [0.5, 0.6) is 0 Å². The lowest BCUT2D eigenvalue weighted by atomic mass is 9.97. The summed E-state index contributed by atoms with van der Waals surface area (Å²) in [6, 6.07) is 0.137. The van der Waals surface area contributed by atoms with Gasteiger partial charge in [0.1, 0.15) is 5.60 Å². The highest BCUT2D eigenvalue weighted by Gasteiger charge is 2.46. The number of halogens is 1. The minimum Gasteiger partial charge on any atom is -0.444 e. The minimum absolute atomic E-state index is 0.137. The smallest absolute Gasteiger partial charge is 0.410 e. The largest absolute Gasteiger partial charge is 0.444 e. The van der Waals surface area contributed by atoms with Gasteiger partial charge in [0.15, 0.2) is 0 Å². The molecule has 2 fully saturated rings. The Labute approximate surface area is 125 Å². The molecule has 0 radical (unpaired) electrons. The summed E-state index contributed by atoms with van der Waals surface area (Å²) in [5.74, 6) is 0.765. The number of ether oxygens (including phenoxy) is 1. The van der Waals surface area contributed by atoms with E-state index in [2.05, 4.69) is 0 Å². The van der Waals surface area contributed by atoms with Crippen molar-refractivity contribution in [3.63, 3.8) is 0 Å². The van der Waals surface area contributed by atoms with Crippen molar-refractivity contribution in [3.05, 3.63) is 0 Å². The van der Waals surface area contributed by atoms with Crippen molar-refractivity contribution in [2.45, 2.75) is 45.3 Å². The van der Waals surface area contributed by atoms with Gasteiger partial charge in [0.25, 0.3) is 0 Å². The van der Waals surface area contributed by atoms with Gasteiger partial charge in [0.2, 0.25) is 0 Å². The molecule has 2 aliphatic rings. The number of nitrogens with zero attached hydrogens (tertiary/aromatic N) is 2. The number of carbonyl (C=O) groups is 2. The number of hydrogen-bond acceptors (Lipinski definition) is 3. The van der Waals surface area contributed by atoms with E-state index >= 15 is 0 Å². The third-order valence-electron chi connectivity index (χ3n) is 4.25. The summed E-state index contributed by atoms with van der Waals surface area (Å²) in [6.45, 7) is 6.97. The SMILES string of the molecule is CN(C(=O)Cl)C1CCC2CN(C(=O)OC(C)(C)C)CC21. The van der Waals surface area contributed by atoms with E-state index in [-0.39, 0.29) is 12.1 Å². The summed E-state index contributed by atoms with van der Waals surface area (Å²) in [7, 11) is 1.73. The first-order valence-electron chi connectivity index (χ1n) is 7.09. The van der Waals surface area contributed by atoms with Gasteiger partial charge in [-0.2, -0.15) is 0 Å². The number of carbonyl (C=O) groups excluding carboxylic acids is 2. The van der Waals surface area contributed by atoms with Gasteiger partial charge in [0, 0.05) is 32.1 Å². The molecule has 3 atom stereocenters. The van der Waals surface area contributed by atoms with Gasteiger partial charge in [-0.1, -0.05) is 0 Å². The van der Waals surface area contributed by atoms with Gasteiger partial charge < -0.3 is 14.5 Å². The topological polar surface area (TPSA) is 49.9 Å². The first-order valence-corrected chi connectivity index (χ1v) is 7.47. The van der Waals surface area contributed by atoms with E-state index < -0.39 is 11.0 Å². The Morgan fingerprint density at radius 1 is 1.25 bits per heavy atom. The van der Waals surface area contributed by atoms with Gasteiger partial charge >= 0.3 is 11.5 Å². The number of rotatable bonds is 1. The second-order valence-electron chi connectivity index (χ2n) is 6.82. The van der Waals surface area contributed by atoms with Crippen molar-refractivity contribution in [2.75, 3.05) is 20.1 Å². The fourth-order valence-electron chi connectivity index (χ4n) is 3.32. The van der Waals surface area contributed by atoms with Gasteiger partial charge in [0.05, 0.1) is 0 Å². The molecule has 0 aromatic rings. The Bertz CT molecular complexity index is 408. The summed E-state index contributed by atoms with van der Waals surface area (Å²) >= 11 is 5.57. The first-order chi connectivity index (χ1) is 9.19. The van der Waals surface area contributed by atoms with Crippen LogP contribution in [0.4, 0.5) is 9.59 Å². The van der Waals surface area contributed by atoms with Crippen molar-refractivity contribution >= 4 is 23.1 Å². The molecule has 114 valence electrons. The van der Waals surface area contributed by atoms with Crippen LogP contribution < -0.4 is 0 Å². The standard InChI is InChI=1S/C14H23ClN2O3/c1-14(2,3)20-13(19)17-7-9-5-6-11(10(9)8-17)16(4)12(15)18/h9-11H,5-8H2,1-4H3. The van der Waals surface area contributed by atoms with E-state index in [4.69, 9.17) is 16.3 Å². The maximum Gasteiger partial charge on any atom is 0.410 e. The summed E-state index contributed by atoms with van der Waals surface area (Å²) in [5.41, 5.74) is -0.475. The molecule has 2 amide bonds. The second-order valence-corrected chi connectivity index (χ2v) is 7.14. The van der Waals surface area contributed by atoms with Crippen LogP contribution in [0, 0.1) is 11.8 Å². The molecule has 1 saturated heterocycles. The van der Waals surface area contributed by atoms with Crippen LogP contribution in [0.1, 0.15) is 33.6 Å². The van der Waals surface area contributed by atoms with Crippen molar-refractivity contribution in [3.8, 4) is 0 Å². The van der Waals surface area contributed by atoms with Crippen LogP contribution in [0.2, 0.25) is 0 Å². The molecular formula is C14H23ClN2O3. The average molecular weight is 303 g/mol. The van der Waals surface area contributed by atoms with Crippen LogP contribution in [0.3, 0.4) is 0 Å². The van der Waals surface area contributed by atoms with Gasteiger partial charge in [-0.25, -0.2) is 4.79 Å². The minimum atomic E-state index is -0.475. The van der Waals surface area contributed by atoms with Crippen LogP contribution in [0.25, 0.3) is 0 Å². The van der Waals surface area contributed by atoms with Gasteiger partial charge in [-0.05, 0) is 51.1 Å². The van der Waals surface area contributed by atoms with Crippen molar-refractivity contribution < 1.29 is 14.3 Å². The lowest BCUT2D eigenvalue weighted by Crippen LogP contribution is -2.40. The summed E-state index contributed by atoms with van der Waals surface area (Å²) in [6.07, 6.45) is 1.74. The lowest BCUT2D eigenvalue weighted by molar-refractivity contribution is 0.0275. The van der Waals surface area contributed by atoms with E-state index in [0.717, 1.165) is 19.4 Å². The van der Waals surface area contributed by atoms with E-state index in [0.29, 0.717) is 18.4 Å².